The topological polar surface area (TPSA) is 109 Å². The highest BCUT2D eigenvalue weighted by atomic mass is 16.4. The first-order valence-electron chi connectivity index (χ1n) is 8.81. The molecule has 134 valence electrons. The number of rotatable bonds is 6. The lowest BCUT2D eigenvalue weighted by Crippen LogP contribution is -2.58. The van der Waals surface area contributed by atoms with Gasteiger partial charge in [-0.05, 0) is 42.3 Å². The highest BCUT2D eigenvalue weighted by Gasteiger charge is 2.46. The molecule has 7 heteroatoms. The van der Waals surface area contributed by atoms with Crippen molar-refractivity contribution in [3.8, 4) is 0 Å². The van der Waals surface area contributed by atoms with Crippen LogP contribution in [0.4, 0.5) is 0 Å². The summed E-state index contributed by atoms with van der Waals surface area (Å²) in [5, 5.41) is 30.1. The summed E-state index contributed by atoms with van der Waals surface area (Å²) in [4.78, 5) is 11.9. The van der Waals surface area contributed by atoms with Crippen LogP contribution < -0.4 is 5.73 Å². The van der Waals surface area contributed by atoms with Gasteiger partial charge < -0.3 is 25.5 Å². The van der Waals surface area contributed by atoms with Gasteiger partial charge in [0.25, 0.3) is 0 Å². The number of benzene rings is 1. The number of nitrogens with two attached hydrogens (primary N) is 1. The molecule has 1 saturated carbocycles. The Morgan fingerprint density at radius 3 is 2.44 bits per heavy atom. The molecule has 1 heterocycles. The van der Waals surface area contributed by atoms with Crippen LogP contribution in [0.3, 0.4) is 0 Å². The molecule has 1 fully saturated rings. The van der Waals surface area contributed by atoms with Gasteiger partial charge in [-0.3, -0.25) is 4.79 Å². The van der Waals surface area contributed by atoms with Crippen LogP contribution in [0.5, 0.6) is 0 Å². The smallest absolute Gasteiger partial charge is 0.451 e. The first-order valence-corrected chi connectivity index (χ1v) is 8.81. The van der Waals surface area contributed by atoms with Crippen LogP contribution >= 0.6 is 0 Å². The van der Waals surface area contributed by atoms with E-state index >= 15 is 0 Å². The molecule has 1 aromatic carbocycles. The molecule has 3 atom stereocenters. The lowest BCUT2D eigenvalue weighted by atomic mass is 9.66. The number of aromatic nitrogens is 1. The molecule has 3 rings (SSSR count). The van der Waals surface area contributed by atoms with Gasteiger partial charge in [-0.25, -0.2) is 0 Å². The minimum absolute atomic E-state index is 0.114. The number of nitrogens with zero attached hydrogens (tertiary/aromatic N) is 1. The van der Waals surface area contributed by atoms with Crippen molar-refractivity contribution < 1.29 is 19.9 Å². The molecule has 0 saturated heterocycles. The molecule has 0 aliphatic heterocycles. The molecular formula is C18H25BN2O4. The average Bonchev–Trinajstić information content (AvgIpc) is 2.97. The molecule has 1 aliphatic rings. The Kier molecular flexibility index (Phi) is 5.17. The Hall–Kier alpha value is -1.83. The number of aliphatic carboxylic acids is 1. The summed E-state index contributed by atoms with van der Waals surface area (Å²) >= 11 is 0. The van der Waals surface area contributed by atoms with Crippen LogP contribution in [0.2, 0.25) is 6.32 Å². The minimum Gasteiger partial charge on any atom is -0.480 e. The molecule has 0 amide bonds. The fourth-order valence-electron chi connectivity index (χ4n) is 4.09. The lowest BCUT2D eigenvalue weighted by molar-refractivity contribution is -0.148. The minimum atomic E-state index is -1.35. The maximum atomic E-state index is 11.9. The van der Waals surface area contributed by atoms with Gasteiger partial charge in [0.2, 0.25) is 0 Å². The molecular weight excluding hydrogens is 319 g/mol. The predicted molar refractivity (Wildman–Crippen MR) is 96.9 cm³/mol. The van der Waals surface area contributed by atoms with Crippen molar-refractivity contribution in [1.82, 2.24) is 4.57 Å². The van der Waals surface area contributed by atoms with Crippen LogP contribution in [0, 0.1) is 11.8 Å². The highest BCUT2D eigenvalue weighted by Crippen LogP contribution is 2.39. The molecule has 0 bridgehead atoms. The van der Waals surface area contributed by atoms with Gasteiger partial charge in [-0.1, -0.05) is 30.7 Å². The molecule has 1 aliphatic carbocycles. The first-order chi connectivity index (χ1) is 11.9. The van der Waals surface area contributed by atoms with Crippen LogP contribution in [-0.2, 0) is 11.3 Å². The molecule has 0 spiro atoms. The summed E-state index contributed by atoms with van der Waals surface area (Å²) in [6.45, 7) is 0.576. The van der Waals surface area contributed by atoms with Gasteiger partial charge >= 0.3 is 13.1 Å². The van der Waals surface area contributed by atoms with Crippen LogP contribution in [-0.4, -0.2) is 38.3 Å². The SMILES string of the molecule is NC1(C(=O)O)CC(CCB(O)O)CCC1Cn1cc2ccccc2c1. The fraction of sp³-hybridized carbons (Fsp3) is 0.500. The van der Waals surface area contributed by atoms with E-state index in [9.17, 15) is 9.90 Å². The molecule has 1 aromatic heterocycles. The average molecular weight is 344 g/mol. The normalized spacial score (nSPS) is 26.7. The van der Waals surface area contributed by atoms with Crippen molar-refractivity contribution in [2.24, 2.45) is 17.6 Å². The predicted octanol–water partition coefficient (Wildman–Crippen LogP) is 1.70. The molecule has 2 aromatic rings. The second-order valence-corrected chi connectivity index (χ2v) is 7.33. The Bertz CT molecular complexity index is 715. The number of fused-ring (bicyclic) bond motifs is 1. The second-order valence-electron chi connectivity index (χ2n) is 7.33. The zero-order valence-corrected chi connectivity index (χ0v) is 14.2. The second kappa shape index (κ2) is 7.19. The van der Waals surface area contributed by atoms with Crippen molar-refractivity contribution in [2.75, 3.05) is 0 Å². The van der Waals surface area contributed by atoms with E-state index in [1.165, 1.54) is 0 Å². The summed E-state index contributed by atoms with van der Waals surface area (Å²) in [6, 6.07) is 8.04. The van der Waals surface area contributed by atoms with E-state index in [0.717, 1.165) is 23.6 Å². The van der Waals surface area contributed by atoms with E-state index in [1.807, 2.05) is 41.2 Å². The van der Waals surface area contributed by atoms with Crippen molar-refractivity contribution in [2.45, 2.75) is 44.1 Å². The van der Waals surface area contributed by atoms with Gasteiger partial charge in [0.1, 0.15) is 5.54 Å². The van der Waals surface area contributed by atoms with Crippen molar-refractivity contribution in [3.63, 3.8) is 0 Å². The van der Waals surface area contributed by atoms with Gasteiger partial charge in [0.05, 0.1) is 0 Å². The Morgan fingerprint density at radius 2 is 1.88 bits per heavy atom. The molecule has 25 heavy (non-hydrogen) atoms. The van der Waals surface area contributed by atoms with Gasteiger partial charge in [0, 0.05) is 24.9 Å². The van der Waals surface area contributed by atoms with E-state index in [0.29, 0.717) is 19.4 Å². The molecule has 0 radical (unpaired) electrons. The van der Waals surface area contributed by atoms with Crippen molar-refractivity contribution in [1.29, 1.82) is 0 Å². The number of hydrogen-bond donors (Lipinski definition) is 4. The molecule has 5 N–H and O–H groups in total. The Balaban J connectivity index is 1.74. The van der Waals surface area contributed by atoms with Crippen LogP contribution in [0.1, 0.15) is 25.7 Å². The third kappa shape index (κ3) is 3.89. The lowest BCUT2D eigenvalue weighted by Gasteiger charge is -2.41. The van der Waals surface area contributed by atoms with E-state index in [4.69, 9.17) is 15.8 Å². The molecule has 3 unspecified atom stereocenters. The maximum Gasteiger partial charge on any atom is 0.451 e. The Labute approximate surface area is 147 Å². The molecule has 6 nitrogen and oxygen atoms in total. The zero-order chi connectivity index (χ0) is 18.0. The first kappa shape index (κ1) is 18.0. The summed E-state index contributed by atoms with van der Waals surface area (Å²) in [5.41, 5.74) is 5.07. The fourth-order valence-corrected chi connectivity index (χ4v) is 4.09. The van der Waals surface area contributed by atoms with Crippen LogP contribution in [0.15, 0.2) is 36.7 Å². The monoisotopic (exact) mass is 344 g/mol. The van der Waals surface area contributed by atoms with Crippen molar-refractivity contribution >= 4 is 23.9 Å². The summed E-state index contributed by atoms with van der Waals surface area (Å²) in [6.07, 6.45) is 6.88. The summed E-state index contributed by atoms with van der Waals surface area (Å²) in [5.74, 6) is -1.01. The number of carbonyl (C=O) groups is 1. The maximum absolute atomic E-state index is 11.9. The highest BCUT2D eigenvalue weighted by molar-refractivity contribution is 6.40. The quantitative estimate of drug-likeness (QED) is 0.597. The van der Waals surface area contributed by atoms with Gasteiger partial charge in [-0.2, -0.15) is 0 Å². The van der Waals surface area contributed by atoms with E-state index in [1.54, 1.807) is 0 Å². The van der Waals surface area contributed by atoms with E-state index in [2.05, 4.69) is 0 Å². The summed E-state index contributed by atoms with van der Waals surface area (Å²) in [7, 11) is -1.35. The zero-order valence-electron chi connectivity index (χ0n) is 14.2. The van der Waals surface area contributed by atoms with Gasteiger partial charge in [-0.15, -0.1) is 0 Å². The van der Waals surface area contributed by atoms with Gasteiger partial charge in [0.15, 0.2) is 0 Å². The Morgan fingerprint density at radius 1 is 1.24 bits per heavy atom. The third-order valence-electron chi connectivity index (χ3n) is 5.55. The standard InChI is InChI=1S/C18H25BN2O4/c20-18(17(22)23)9-13(7-8-19(24)25)5-6-16(18)12-21-10-14-3-1-2-4-15(14)11-21/h1-4,10-11,13,16,24-25H,5-9,12,20H2,(H,22,23). The van der Waals surface area contributed by atoms with E-state index < -0.39 is 18.6 Å². The number of hydrogen-bond acceptors (Lipinski definition) is 4. The number of carboxylic acid groups (broad SMARTS) is 1. The third-order valence-corrected chi connectivity index (χ3v) is 5.55. The van der Waals surface area contributed by atoms with Crippen molar-refractivity contribution in [3.05, 3.63) is 36.7 Å². The summed E-state index contributed by atoms with van der Waals surface area (Å²) < 4.78 is 2.04. The number of carboxylic acids is 1. The van der Waals surface area contributed by atoms with Crippen LogP contribution in [0.25, 0.3) is 10.8 Å². The largest absolute Gasteiger partial charge is 0.480 e. The van der Waals surface area contributed by atoms with E-state index in [-0.39, 0.29) is 18.2 Å².